The summed E-state index contributed by atoms with van der Waals surface area (Å²) >= 11 is 9.65. The van der Waals surface area contributed by atoms with Gasteiger partial charge in [0.25, 0.3) is 0 Å². The fourth-order valence-electron chi connectivity index (χ4n) is 1.66. The van der Waals surface area contributed by atoms with Crippen LogP contribution in [-0.2, 0) is 11.3 Å². The molecule has 0 unspecified atom stereocenters. The summed E-state index contributed by atoms with van der Waals surface area (Å²) in [7, 11) is 1.69. The van der Waals surface area contributed by atoms with Gasteiger partial charge in [-0.05, 0) is 33.6 Å². The summed E-state index contributed by atoms with van der Waals surface area (Å²) in [6.45, 7) is 2.23. The van der Waals surface area contributed by atoms with Crippen LogP contribution >= 0.6 is 27.5 Å². The maximum atomic E-state index is 6.27. The van der Waals surface area contributed by atoms with E-state index in [2.05, 4.69) is 26.3 Å². The lowest BCUT2D eigenvalue weighted by Crippen LogP contribution is -2.18. The van der Waals surface area contributed by atoms with Gasteiger partial charge in [-0.3, -0.25) is 0 Å². The fraction of sp³-hybridized carbons (Fsp3) is 0.308. The average Bonchev–Trinajstić information content (AvgIpc) is 2.83. The maximum absolute atomic E-state index is 6.27. The molecule has 0 radical (unpaired) electrons. The van der Waals surface area contributed by atoms with Gasteiger partial charge in [0.2, 0.25) is 0 Å². The molecule has 0 aliphatic heterocycles. The molecule has 102 valence electrons. The number of aromatic nitrogens is 2. The molecular weight excluding hydrogens is 330 g/mol. The van der Waals surface area contributed by atoms with Crippen LogP contribution in [0, 0.1) is 0 Å². The number of benzene rings is 1. The van der Waals surface area contributed by atoms with Crippen molar-refractivity contribution in [1.29, 1.82) is 0 Å². The Labute approximate surface area is 125 Å². The van der Waals surface area contributed by atoms with Gasteiger partial charge in [-0.1, -0.05) is 17.7 Å². The van der Waals surface area contributed by atoms with E-state index >= 15 is 0 Å². The lowest BCUT2D eigenvalue weighted by Gasteiger charge is -2.08. The van der Waals surface area contributed by atoms with E-state index in [-0.39, 0.29) is 0 Å². The van der Waals surface area contributed by atoms with Gasteiger partial charge in [-0.25, -0.2) is 4.68 Å². The topological polar surface area (TPSA) is 39.1 Å². The quantitative estimate of drug-likeness (QED) is 0.819. The minimum Gasteiger partial charge on any atom is -0.383 e. The second-order valence-corrected chi connectivity index (χ2v) is 5.37. The van der Waals surface area contributed by atoms with E-state index in [4.69, 9.17) is 16.3 Å². The highest BCUT2D eigenvalue weighted by atomic mass is 79.9. The van der Waals surface area contributed by atoms with Crippen molar-refractivity contribution in [2.24, 2.45) is 0 Å². The van der Waals surface area contributed by atoms with Crippen molar-refractivity contribution >= 4 is 27.5 Å². The minimum absolute atomic E-state index is 0.691. The SMILES string of the molecule is COCCNCc1ccc(-n2cc(Br)cn2)cc1Cl. The molecule has 19 heavy (non-hydrogen) atoms. The van der Waals surface area contributed by atoms with E-state index in [0.717, 1.165) is 33.8 Å². The summed E-state index contributed by atoms with van der Waals surface area (Å²) in [6.07, 6.45) is 3.64. The summed E-state index contributed by atoms with van der Waals surface area (Å²) in [5.74, 6) is 0. The first-order valence-electron chi connectivity index (χ1n) is 5.89. The van der Waals surface area contributed by atoms with Gasteiger partial charge in [0.15, 0.2) is 0 Å². The Morgan fingerprint density at radius 3 is 2.95 bits per heavy atom. The number of rotatable bonds is 6. The van der Waals surface area contributed by atoms with Crippen LogP contribution in [-0.4, -0.2) is 30.0 Å². The van der Waals surface area contributed by atoms with Crippen LogP contribution in [0.3, 0.4) is 0 Å². The third-order valence-corrected chi connectivity index (χ3v) is 3.41. The molecule has 0 spiro atoms. The zero-order valence-electron chi connectivity index (χ0n) is 10.6. The number of hydrogen-bond donors (Lipinski definition) is 1. The Kier molecular flexibility index (Phi) is 5.39. The highest BCUT2D eigenvalue weighted by Gasteiger charge is 2.04. The second-order valence-electron chi connectivity index (χ2n) is 4.05. The zero-order valence-corrected chi connectivity index (χ0v) is 12.9. The van der Waals surface area contributed by atoms with Crippen LogP contribution < -0.4 is 5.32 Å². The van der Waals surface area contributed by atoms with Crippen molar-refractivity contribution in [2.45, 2.75) is 6.54 Å². The van der Waals surface area contributed by atoms with Crippen molar-refractivity contribution in [3.63, 3.8) is 0 Å². The van der Waals surface area contributed by atoms with Gasteiger partial charge in [-0.15, -0.1) is 0 Å². The average molecular weight is 345 g/mol. The monoisotopic (exact) mass is 343 g/mol. The largest absolute Gasteiger partial charge is 0.383 e. The van der Waals surface area contributed by atoms with E-state index in [1.165, 1.54) is 0 Å². The van der Waals surface area contributed by atoms with E-state index in [1.54, 1.807) is 18.0 Å². The van der Waals surface area contributed by atoms with Crippen molar-refractivity contribution in [3.05, 3.63) is 45.7 Å². The number of nitrogens with zero attached hydrogens (tertiary/aromatic N) is 2. The molecule has 6 heteroatoms. The molecular formula is C13H15BrClN3O. The Balaban J connectivity index is 2.04. The number of hydrogen-bond acceptors (Lipinski definition) is 3. The molecule has 2 aromatic rings. The van der Waals surface area contributed by atoms with Crippen LogP contribution in [0.15, 0.2) is 35.1 Å². The molecule has 1 heterocycles. The van der Waals surface area contributed by atoms with Gasteiger partial charge in [0.1, 0.15) is 0 Å². The van der Waals surface area contributed by atoms with E-state index < -0.39 is 0 Å². The van der Waals surface area contributed by atoms with Gasteiger partial charge < -0.3 is 10.1 Å². The lowest BCUT2D eigenvalue weighted by molar-refractivity contribution is 0.199. The third kappa shape index (κ3) is 4.04. The number of halogens is 2. The van der Waals surface area contributed by atoms with Crippen LogP contribution in [0.1, 0.15) is 5.56 Å². The fourth-order valence-corrected chi connectivity index (χ4v) is 2.19. The predicted octanol–water partition coefficient (Wildman–Crippen LogP) is 3.02. The normalized spacial score (nSPS) is 10.9. The molecule has 0 fully saturated rings. The van der Waals surface area contributed by atoms with Gasteiger partial charge >= 0.3 is 0 Å². The van der Waals surface area contributed by atoms with Crippen LogP contribution in [0.2, 0.25) is 5.02 Å². The van der Waals surface area contributed by atoms with Crippen LogP contribution in [0.25, 0.3) is 5.69 Å². The van der Waals surface area contributed by atoms with Crippen molar-refractivity contribution < 1.29 is 4.74 Å². The first kappa shape index (κ1) is 14.5. The van der Waals surface area contributed by atoms with Crippen molar-refractivity contribution in [2.75, 3.05) is 20.3 Å². The number of ether oxygens (including phenoxy) is 1. The Hall–Kier alpha value is -0.880. The maximum Gasteiger partial charge on any atom is 0.0661 e. The summed E-state index contributed by atoms with van der Waals surface area (Å²) in [4.78, 5) is 0. The van der Waals surface area contributed by atoms with Crippen LogP contribution in [0.4, 0.5) is 0 Å². The van der Waals surface area contributed by atoms with Gasteiger partial charge in [-0.2, -0.15) is 5.10 Å². The lowest BCUT2D eigenvalue weighted by atomic mass is 10.2. The van der Waals surface area contributed by atoms with E-state index in [9.17, 15) is 0 Å². The summed E-state index contributed by atoms with van der Waals surface area (Å²) in [5, 5.41) is 8.22. The number of methoxy groups -OCH3 is 1. The van der Waals surface area contributed by atoms with Gasteiger partial charge in [0, 0.05) is 31.4 Å². The van der Waals surface area contributed by atoms with Crippen molar-refractivity contribution in [3.8, 4) is 5.69 Å². The van der Waals surface area contributed by atoms with Crippen molar-refractivity contribution in [1.82, 2.24) is 15.1 Å². The molecule has 0 saturated carbocycles. The van der Waals surface area contributed by atoms with Gasteiger partial charge in [0.05, 0.1) is 23.0 Å². The molecule has 4 nitrogen and oxygen atoms in total. The zero-order chi connectivity index (χ0) is 13.7. The molecule has 1 aromatic heterocycles. The Bertz CT molecular complexity index is 544. The molecule has 0 aliphatic carbocycles. The summed E-state index contributed by atoms with van der Waals surface area (Å²) in [6, 6.07) is 5.92. The van der Waals surface area contributed by atoms with E-state index in [0.29, 0.717) is 6.61 Å². The highest BCUT2D eigenvalue weighted by molar-refractivity contribution is 9.10. The molecule has 0 saturated heterocycles. The first-order valence-corrected chi connectivity index (χ1v) is 7.06. The second kappa shape index (κ2) is 7.05. The third-order valence-electron chi connectivity index (χ3n) is 2.65. The molecule has 0 aliphatic rings. The standard InChI is InChI=1S/C13H15BrClN3O/c1-19-5-4-16-7-10-2-3-12(6-13(10)15)18-9-11(14)8-17-18/h2-3,6,8-9,16H,4-5,7H2,1H3. The molecule has 0 amide bonds. The Morgan fingerprint density at radius 1 is 1.47 bits per heavy atom. The van der Waals surface area contributed by atoms with E-state index in [1.807, 2.05) is 24.4 Å². The molecule has 1 N–H and O–H groups in total. The predicted molar refractivity (Wildman–Crippen MR) is 79.9 cm³/mol. The summed E-state index contributed by atoms with van der Waals surface area (Å²) < 4.78 is 7.69. The smallest absolute Gasteiger partial charge is 0.0661 e. The minimum atomic E-state index is 0.691. The molecule has 0 atom stereocenters. The Morgan fingerprint density at radius 2 is 2.32 bits per heavy atom. The molecule has 0 bridgehead atoms. The first-order chi connectivity index (χ1) is 9.20. The highest BCUT2D eigenvalue weighted by Crippen LogP contribution is 2.21. The molecule has 2 rings (SSSR count). The summed E-state index contributed by atoms with van der Waals surface area (Å²) in [5.41, 5.74) is 2.00. The number of nitrogens with one attached hydrogen (secondary N) is 1. The van der Waals surface area contributed by atoms with Crippen LogP contribution in [0.5, 0.6) is 0 Å². The molecule has 1 aromatic carbocycles.